The standard InChI is InChI=1S/C18H12Cl2N2O2/c19-11-3-1-2-10(8-11)17(23)22-7-6-13-14-9-12(20)4-5-15(14)21-16(13)18(22)24/h1-5,8-9,21H,6-7H2. The Hall–Kier alpha value is -2.30. The molecule has 4 nitrogen and oxygen atoms in total. The summed E-state index contributed by atoms with van der Waals surface area (Å²) in [5, 5.41) is 2.01. The zero-order valence-electron chi connectivity index (χ0n) is 12.5. The van der Waals surface area contributed by atoms with E-state index in [0.29, 0.717) is 34.3 Å². The maximum atomic E-state index is 12.8. The van der Waals surface area contributed by atoms with Crippen molar-refractivity contribution >= 4 is 45.9 Å². The van der Waals surface area contributed by atoms with E-state index in [0.717, 1.165) is 16.5 Å². The SMILES string of the molecule is O=C(c1cccc(Cl)c1)N1CCc2c([nH]c3ccc(Cl)cc23)C1=O. The number of aromatic nitrogens is 1. The van der Waals surface area contributed by atoms with Gasteiger partial charge in [-0.05, 0) is 48.4 Å². The average Bonchev–Trinajstić information content (AvgIpc) is 2.93. The first-order chi connectivity index (χ1) is 11.5. The van der Waals surface area contributed by atoms with E-state index < -0.39 is 0 Å². The molecule has 4 rings (SSSR count). The molecular weight excluding hydrogens is 347 g/mol. The topological polar surface area (TPSA) is 53.2 Å². The van der Waals surface area contributed by atoms with Crippen molar-refractivity contribution in [2.75, 3.05) is 6.54 Å². The number of carbonyl (C=O) groups is 2. The van der Waals surface area contributed by atoms with Gasteiger partial charge in [0.05, 0.1) is 0 Å². The van der Waals surface area contributed by atoms with Crippen LogP contribution in [-0.4, -0.2) is 28.2 Å². The Kier molecular flexibility index (Phi) is 3.59. The Balaban J connectivity index is 1.74. The summed E-state index contributed by atoms with van der Waals surface area (Å²) in [7, 11) is 0. The third-order valence-electron chi connectivity index (χ3n) is 4.23. The Morgan fingerprint density at radius 1 is 1.08 bits per heavy atom. The minimum atomic E-state index is -0.343. The molecule has 0 atom stereocenters. The number of fused-ring (bicyclic) bond motifs is 3. The molecule has 0 radical (unpaired) electrons. The van der Waals surface area contributed by atoms with Gasteiger partial charge in [-0.25, -0.2) is 0 Å². The van der Waals surface area contributed by atoms with E-state index in [4.69, 9.17) is 23.2 Å². The maximum absolute atomic E-state index is 12.8. The first-order valence-electron chi connectivity index (χ1n) is 7.46. The predicted octanol–water partition coefficient (Wildman–Crippen LogP) is 4.31. The quantitative estimate of drug-likeness (QED) is 0.658. The summed E-state index contributed by atoms with van der Waals surface area (Å²) in [6, 6.07) is 12.1. The van der Waals surface area contributed by atoms with Crippen LogP contribution in [-0.2, 0) is 6.42 Å². The lowest BCUT2D eigenvalue weighted by atomic mass is 10.0. The minimum absolute atomic E-state index is 0.325. The fourth-order valence-electron chi connectivity index (χ4n) is 3.09. The normalized spacial score (nSPS) is 14.1. The molecule has 1 N–H and O–H groups in total. The molecule has 0 fully saturated rings. The minimum Gasteiger partial charge on any atom is -0.350 e. The number of carbonyl (C=O) groups excluding carboxylic acids is 2. The summed E-state index contributed by atoms with van der Waals surface area (Å²) in [5.74, 6) is -0.668. The Labute approximate surface area is 148 Å². The molecule has 0 unspecified atom stereocenters. The van der Waals surface area contributed by atoms with Gasteiger partial charge in [0.25, 0.3) is 11.8 Å². The number of nitrogens with zero attached hydrogens (tertiary/aromatic N) is 1. The van der Waals surface area contributed by atoms with E-state index in [9.17, 15) is 9.59 Å². The monoisotopic (exact) mass is 358 g/mol. The molecule has 2 heterocycles. The van der Waals surface area contributed by atoms with Crippen LogP contribution in [0.2, 0.25) is 10.0 Å². The first kappa shape index (κ1) is 15.2. The van der Waals surface area contributed by atoms with Gasteiger partial charge in [0.15, 0.2) is 0 Å². The van der Waals surface area contributed by atoms with Crippen molar-refractivity contribution in [1.82, 2.24) is 9.88 Å². The molecule has 1 aromatic heterocycles. The number of benzene rings is 2. The molecule has 24 heavy (non-hydrogen) atoms. The average molecular weight is 359 g/mol. The highest BCUT2D eigenvalue weighted by Crippen LogP contribution is 2.30. The molecule has 0 bridgehead atoms. The molecule has 120 valence electrons. The lowest BCUT2D eigenvalue weighted by Gasteiger charge is -2.25. The first-order valence-corrected chi connectivity index (χ1v) is 8.22. The van der Waals surface area contributed by atoms with Crippen LogP contribution in [0.3, 0.4) is 0 Å². The fourth-order valence-corrected chi connectivity index (χ4v) is 3.46. The molecule has 1 aliphatic rings. The summed E-state index contributed by atoms with van der Waals surface area (Å²) in [4.78, 5) is 29.8. The van der Waals surface area contributed by atoms with Gasteiger partial charge >= 0.3 is 0 Å². The number of amides is 2. The number of H-pyrrole nitrogens is 1. The summed E-state index contributed by atoms with van der Waals surface area (Å²) >= 11 is 12.0. The van der Waals surface area contributed by atoms with Crippen molar-refractivity contribution < 1.29 is 9.59 Å². The van der Waals surface area contributed by atoms with Crippen molar-refractivity contribution in [3.8, 4) is 0 Å². The van der Waals surface area contributed by atoms with Gasteiger partial charge in [-0.3, -0.25) is 14.5 Å². The van der Waals surface area contributed by atoms with Crippen molar-refractivity contribution in [3.63, 3.8) is 0 Å². The largest absolute Gasteiger partial charge is 0.350 e. The molecule has 0 spiro atoms. The number of aromatic amines is 1. The highest BCUT2D eigenvalue weighted by atomic mass is 35.5. The van der Waals surface area contributed by atoms with E-state index in [1.54, 1.807) is 30.3 Å². The van der Waals surface area contributed by atoms with Crippen molar-refractivity contribution in [2.45, 2.75) is 6.42 Å². The van der Waals surface area contributed by atoms with Gasteiger partial charge in [0.2, 0.25) is 0 Å². The summed E-state index contributed by atoms with van der Waals surface area (Å²) in [6.07, 6.45) is 0.591. The second-order valence-electron chi connectivity index (χ2n) is 5.69. The van der Waals surface area contributed by atoms with Crippen LogP contribution in [0, 0.1) is 0 Å². The van der Waals surface area contributed by atoms with E-state index in [-0.39, 0.29) is 11.8 Å². The molecule has 0 saturated heterocycles. The van der Waals surface area contributed by atoms with Crippen LogP contribution in [0.4, 0.5) is 0 Å². The molecular formula is C18H12Cl2N2O2. The number of hydrogen-bond acceptors (Lipinski definition) is 2. The van der Waals surface area contributed by atoms with Crippen LogP contribution in [0.15, 0.2) is 42.5 Å². The molecule has 0 saturated carbocycles. The number of imide groups is 1. The second-order valence-corrected chi connectivity index (χ2v) is 6.56. The van der Waals surface area contributed by atoms with Crippen LogP contribution < -0.4 is 0 Å². The van der Waals surface area contributed by atoms with Crippen molar-refractivity contribution in [1.29, 1.82) is 0 Å². The Morgan fingerprint density at radius 3 is 2.67 bits per heavy atom. The van der Waals surface area contributed by atoms with Crippen LogP contribution in [0.25, 0.3) is 10.9 Å². The zero-order valence-corrected chi connectivity index (χ0v) is 14.0. The number of hydrogen-bond donors (Lipinski definition) is 1. The maximum Gasteiger partial charge on any atom is 0.277 e. The van der Waals surface area contributed by atoms with Gasteiger partial charge in [-0.1, -0.05) is 29.3 Å². The molecule has 6 heteroatoms. The predicted molar refractivity (Wildman–Crippen MR) is 93.8 cm³/mol. The third-order valence-corrected chi connectivity index (χ3v) is 4.70. The summed E-state index contributed by atoms with van der Waals surface area (Å²) < 4.78 is 0. The molecule has 2 amide bonds. The summed E-state index contributed by atoms with van der Waals surface area (Å²) in [5.41, 5.74) is 2.61. The van der Waals surface area contributed by atoms with Crippen molar-refractivity contribution in [3.05, 3.63) is 69.3 Å². The third kappa shape index (κ3) is 2.39. The fraction of sp³-hybridized carbons (Fsp3) is 0.111. The van der Waals surface area contributed by atoms with Crippen LogP contribution >= 0.6 is 23.2 Å². The van der Waals surface area contributed by atoms with Crippen molar-refractivity contribution in [2.24, 2.45) is 0 Å². The van der Waals surface area contributed by atoms with Crippen LogP contribution in [0.5, 0.6) is 0 Å². The molecule has 1 aliphatic heterocycles. The van der Waals surface area contributed by atoms with Gasteiger partial charge in [-0.2, -0.15) is 0 Å². The van der Waals surface area contributed by atoms with E-state index in [1.165, 1.54) is 4.90 Å². The highest BCUT2D eigenvalue weighted by Gasteiger charge is 2.32. The zero-order chi connectivity index (χ0) is 16.8. The van der Waals surface area contributed by atoms with Gasteiger partial charge < -0.3 is 4.98 Å². The second kappa shape index (κ2) is 5.65. The van der Waals surface area contributed by atoms with Gasteiger partial charge in [-0.15, -0.1) is 0 Å². The van der Waals surface area contributed by atoms with E-state index >= 15 is 0 Å². The summed E-state index contributed by atoms with van der Waals surface area (Å²) in [6.45, 7) is 0.330. The van der Waals surface area contributed by atoms with Gasteiger partial charge in [0, 0.05) is 33.1 Å². The number of halogens is 2. The molecule has 0 aliphatic carbocycles. The molecule has 3 aromatic rings. The van der Waals surface area contributed by atoms with Crippen LogP contribution in [0.1, 0.15) is 26.4 Å². The Bertz CT molecular complexity index is 994. The van der Waals surface area contributed by atoms with E-state index in [1.807, 2.05) is 12.1 Å². The highest BCUT2D eigenvalue weighted by molar-refractivity contribution is 6.31. The number of rotatable bonds is 1. The lowest BCUT2D eigenvalue weighted by molar-refractivity contribution is 0.0602. The Morgan fingerprint density at radius 2 is 1.88 bits per heavy atom. The smallest absolute Gasteiger partial charge is 0.277 e. The van der Waals surface area contributed by atoms with E-state index in [2.05, 4.69) is 4.98 Å². The molecule has 2 aromatic carbocycles. The lowest BCUT2D eigenvalue weighted by Crippen LogP contribution is -2.42. The van der Waals surface area contributed by atoms with Gasteiger partial charge in [0.1, 0.15) is 5.69 Å². The number of nitrogens with one attached hydrogen (secondary N) is 1.